The monoisotopic (exact) mass is 355 g/mol. The molecule has 0 aliphatic rings. The van der Waals surface area contributed by atoms with Crippen molar-refractivity contribution in [1.82, 2.24) is 0 Å². The summed E-state index contributed by atoms with van der Waals surface area (Å²) in [6.07, 6.45) is 4.78. The second kappa shape index (κ2) is 10.6. The molecule has 0 aliphatic carbocycles. The van der Waals surface area contributed by atoms with Gasteiger partial charge in [0.05, 0.1) is 11.6 Å². The number of benzene rings is 1. The summed E-state index contributed by atoms with van der Waals surface area (Å²) in [5, 5.41) is 3.41. The number of anilines is 1. The molecule has 1 aromatic carbocycles. The van der Waals surface area contributed by atoms with Crippen molar-refractivity contribution < 1.29 is 14.3 Å². The van der Waals surface area contributed by atoms with Crippen LogP contribution >= 0.6 is 11.6 Å². The molecule has 24 heavy (non-hydrogen) atoms. The molecule has 0 aliphatic heterocycles. The van der Waals surface area contributed by atoms with Gasteiger partial charge >= 0.3 is 0 Å². The van der Waals surface area contributed by atoms with Gasteiger partial charge in [0.1, 0.15) is 11.4 Å². The van der Waals surface area contributed by atoms with Crippen molar-refractivity contribution in [2.75, 3.05) is 18.5 Å². The van der Waals surface area contributed by atoms with E-state index < -0.39 is 5.60 Å². The Kier molecular flexibility index (Phi) is 9.16. The molecule has 136 valence electrons. The average molecular weight is 356 g/mol. The molecule has 0 aromatic heterocycles. The van der Waals surface area contributed by atoms with Gasteiger partial charge in [0, 0.05) is 12.3 Å². The predicted octanol–water partition coefficient (Wildman–Crippen LogP) is 5.44. The summed E-state index contributed by atoms with van der Waals surface area (Å²) in [5.41, 5.74) is -0.177. The quantitative estimate of drug-likeness (QED) is 0.537. The predicted molar refractivity (Wildman–Crippen MR) is 100 cm³/mol. The summed E-state index contributed by atoms with van der Waals surface area (Å²) in [4.78, 5) is 12.7. The molecule has 1 aromatic rings. The smallest absolute Gasteiger partial charge is 0.256 e. The number of unbranched alkanes of at least 4 members (excludes halogenated alkanes) is 2. The van der Waals surface area contributed by atoms with Gasteiger partial charge in [-0.1, -0.05) is 44.7 Å². The zero-order valence-electron chi connectivity index (χ0n) is 15.3. The van der Waals surface area contributed by atoms with Crippen molar-refractivity contribution in [1.29, 1.82) is 0 Å². The van der Waals surface area contributed by atoms with E-state index in [1.807, 2.05) is 20.8 Å². The fraction of sp³-hybridized carbons (Fsp3) is 0.632. The number of hydrogen-bond donors (Lipinski definition) is 1. The van der Waals surface area contributed by atoms with E-state index in [1.165, 1.54) is 0 Å². The third-order valence-electron chi connectivity index (χ3n) is 3.85. The van der Waals surface area contributed by atoms with Crippen molar-refractivity contribution in [3.63, 3.8) is 0 Å². The minimum atomic E-state index is -0.826. The van der Waals surface area contributed by atoms with Crippen LogP contribution in [-0.4, -0.2) is 24.7 Å². The van der Waals surface area contributed by atoms with Gasteiger partial charge in [-0.05, 0) is 44.9 Å². The highest BCUT2D eigenvalue weighted by atomic mass is 35.5. The molecule has 1 atom stereocenters. The minimum absolute atomic E-state index is 0.140. The Morgan fingerprint density at radius 1 is 1.21 bits per heavy atom. The van der Waals surface area contributed by atoms with E-state index in [0.29, 0.717) is 36.1 Å². The van der Waals surface area contributed by atoms with Gasteiger partial charge in [0.25, 0.3) is 5.91 Å². The number of ether oxygens (including phenoxy) is 2. The summed E-state index contributed by atoms with van der Waals surface area (Å²) in [7, 11) is 0. The van der Waals surface area contributed by atoms with Gasteiger partial charge in [0.2, 0.25) is 0 Å². The normalized spacial score (nSPS) is 13.4. The molecule has 1 N–H and O–H groups in total. The minimum Gasteiger partial charge on any atom is -0.492 e. The number of nitrogens with one attached hydrogen (secondary N) is 1. The van der Waals surface area contributed by atoms with Crippen LogP contribution in [0.5, 0.6) is 5.75 Å². The van der Waals surface area contributed by atoms with Crippen LogP contribution in [0.2, 0.25) is 5.02 Å². The van der Waals surface area contributed by atoms with Crippen molar-refractivity contribution in [2.24, 2.45) is 0 Å². The molecule has 0 fully saturated rings. The number of rotatable bonds is 11. The molecule has 5 heteroatoms. The molecule has 0 bridgehead atoms. The summed E-state index contributed by atoms with van der Waals surface area (Å²) < 4.78 is 11.3. The van der Waals surface area contributed by atoms with E-state index in [9.17, 15) is 4.79 Å². The SMILES string of the molecule is CCCCCC(C)(OCC)C(=O)Nc1ccc(OCCC)c(Cl)c1. The largest absolute Gasteiger partial charge is 0.492 e. The molecule has 1 amide bonds. The topological polar surface area (TPSA) is 47.6 Å². The van der Waals surface area contributed by atoms with E-state index in [4.69, 9.17) is 21.1 Å². The lowest BCUT2D eigenvalue weighted by Crippen LogP contribution is -2.42. The first kappa shape index (κ1) is 20.8. The second-order valence-electron chi connectivity index (χ2n) is 6.07. The summed E-state index contributed by atoms with van der Waals surface area (Å²) >= 11 is 6.22. The summed E-state index contributed by atoms with van der Waals surface area (Å²) in [5.74, 6) is 0.491. The Balaban J connectivity index is 2.77. The highest BCUT2D eigenvalue weighted by molar-refractivity contribution is 6.32. The molecule has 4 nitrogen and oxygen atoms in total. The van der Waals surface area contributed by atoms with Crippen molar-refractivity contribution in [3.05, 3.63) is 23.2 Å². The molecule has 1 unspecified atom stereocenters. The van der Waals surface area contributed by atoms with Gasteiger partial charge in [0.15, 0.2) is 0 Å². The maximum absolute atomic E-state index is 12.7. The lowest BCUT2D eigenvalue weighted by atomic mass is 9.96. The first-order valence-corrected chi connectivity index (χ1v) is 9.22. The molecule has 1 rings (SSSR count). The Hall–Kier alpha value is -1.26. The third-order valence-corrected chi connectivity index (χ3v) is 4.15. The first-order chi connectivity index (χ1) is 11.5. The van der Waals surface area contributed by atoms with E-state index in [2.05, 4.69) is 12.2 Å². The first-order valence-electron chi connectivity index (χ1n) is 8.84. The van der Waals surface area contributed by atoms with E-state index in [0.717, 1.165) is 25.7 Å². The van der Waals surface area contributed by atoms with Crippen molar-refractivity contribution in [2.45, 2.75) is 65.4 Å². The number of amides is 1. The van der Waals surface area contributed by atoms with E-state index >= 15 is 0 Å². The Morgan fingerprint density at radius 3 is 2.54 bits per heavy atom. The molecular formula is C19H30ClNO3. The fourth-order valence-corrected chi connectivity index (χ4v) is 2.69. The number of halogens is 1. The van der Waals surface area contributed by atoms with Gasteiger partial charge in [-0.2, -0.15) is 0 Å². The van der Waals surface area contributed by atoms with Crippen LogP contribution in [-0.2, 0) is 9.53 Å². The van der Waals surface area contributed by atoms with Gasteiger partial charge in [-0.25, -0.2) is 0 Å². The van der Waals surface area contributed by atoms with Crippen LogP contribution in [0.25, 0.3) is 0 Å². The van der Waals surface area contributed by atoms with Crippen LogP contribution in [0.1, 0.15) is 59.8 Å². The fourth-order valence-electron chi connectivity index (χ4n) is 2.45. The number of hydrogen-bond acceptors (Lipinski definition) is 3. The molecule has 0 spiro atoms. The van der Waals surface area contributed by atoms with Crippen molar-refractivity contribution >= 4 is 23.2 Å². The Bertz CT molecular complexity index is 521. The second-order valence-corrected chi connectivity index (χ2v) is 6.48. The van der Waals surface area contributed by atoms with Crippen molar-refractivity contribution in [3.8, 4) is 5.75 Å². The van der Waals surface area contributed by atoms with Gasteiger partial charge in [-0.3, -0.25) is 4.79 Å². The zero-order valence-corrected chi connectivity index (χ0v) is 16.0. The highest BCUT2D eigenvalue weighted by Gasteiger charge is 2.33. The van der Waals surface area contributed by atoms with E-state index in [-0.39, 0.29) is 5.91 Å². The average Bonchev–Trinajstić information content (AvgIpc) is 2.54. The highest BCUT2D eigenvalue weighted by Crippen LogP contribution is 2.29. The van der Waals surface area contributed by atoms with Crippen LogP contribution in [0.3, 0.4) is 0 Å². The summed E-state index contributed by atoms with van der Waals surface area (Å²) in [6, 6.07) is 5.29. The van der Waals surface area contributed by atoms with Gasteiger partial charge < -0.3 is 14.8 Å². The molecular weight excluding hydrogens is 326 g/mol. The lowest BCUT2D eigenvalue weighted by molar-refractivity contribution is -0.139. The van der Waals surface area contributed by atoms with Crippen LogP contribution in [0.4, 0.5) is 5.69 Å². The van der Waals surface area contributed by atoms with E-state index in [1.54, 1.807) is 18.2 Å². The Morgan fingerprint density at radius 2 is 1.96 bits per heavy atom. The lowest BCUT2D eigenvalue weighted by Gasteiger charge is -2.28. The zero-order chi connectivity index (χ0) is 18.0. The maximum atomic E-state index is 12.7. The molecule has 0 heterocycles. The molecule has 0 saturated heterocycles. The third kappa shape index (κ3) is 6.33. The number of carbonyl (C=O) groups excluding carboxylic acids is 1. The standard InChI is InChI=1S/C19H30ClNO3/c1-5-8-9-12-19(4,24-7-3)18(22)21-15-10-11-17(16(20)14-15)23-13-6-2/h10-11,14H,5-9,12-13H2,1-4H3,(H,21,22). The maximum Gasteiger partial charge on any atom is 0.256 e. The van der Waals surface area contributed by atoms with Crippen LogP contribution < -0.4 is 10.1 Å². The number of carbonyl (C=O) groups is 1. The van der Waals surface area contributed by atoms with Gasteiger partial charge in [-0.15, -0.1) is 0 Å². The molecule has 0 saturated carbocycles. The van der Waals surface area contributed by atoms with Crippen LogP contribution in [0.15, 0.2) is 18.2 Å². The Labute approximate surface area is 150 Å². The molecule has 0 radical (unpaired) electrons. The summed E-state index contributed by atoms with van der Waals surface area (Å²) in [6.45, 7) is 9.05. The van der Waals surface area contributed by atoms with Crippen LogP contribution in [0, 0.1) is 0 Å².